The van der Waals surface area contributed by atoms with Crippen molar-refractivity contribution >= 4 is 17.3 Å². The Morgan fingerprint density at radius 2 is 2.25 bits per heavy atom. The maximum absolute atomic E-state index is 11.0. The highest BCUT2D eigenvalue weighted by Gasteiger charge is 2.22. The molecule has 16 heavy (non-hydrogen) atoms. The highest BCUT2D eigenvalue weighted by molar-refractivity contribution is 5.99. The van der Waals surface area contributed by atoms with Crippen molar-refractivity contribution in [2.75, 3.05) is 11.9 Å². The number of nitrogens with zero attached hydrogens (tertiary/aromatic N) is 1. The zero-order valence-corrected chi connectivity index (χ0v) is 8.90. The van der Waals surface area contributed by atoms with Gasteiger partial charge in [0.05, 0.1) is 4.92 Å². The molecule has 1 rings (SSSR count). The lowest BCUT2D eigenvalue weighted by Crippen LogP contribution is -2.15. The molecule has 0 spiro atoms. The minimum absolute atomic E-state index is 0.0777. The Kier molecular flexibility index (Phi) is 3.82. The van der Waals surface area contributed by atoms with Crippen LogP contribution in [0.1, 0.15) is 23.7 Å². The summed E-state index contributed by atoms with van der Waals surface area (Å²) >= 11 is 0. The summed E-state index contributed by atoms with van der Waals surface area (Å²) < 4.78 is 0. The second-order valence-corrected chi connectivity index (χ2v) is 3.25. The number of primary amides is 1. The topological polar surface area (TPSA) is 98.3 Å². The Labute approximate surface area is 92.6 Å². The van der Waals surface area contributed by atoms with Gasteiger partial charge in [0.15, 0.2) is 0 Å². The number of rotatable bonds is 5. The van der Waals surface area contributed by atoms with Crippen molar-refractivity contribution in [1.82, 2.24) is 0 Å². The van der Waals surface area contributed by atoms with Crippen LogP contribution in [0.3, 0.4) is 0 Å². The number of nitrogens with two attached hydrogens (primary N) is 1. The maximum Gasteiger partial charge on any atom is 0.305 e. The molecular weight excluding hydrogens is 210 g/mol. The van der Waals surface area contributed by atoms with Crippen molar-refractivity contribution in [1.29, 1.82) is 0 Å². The zero-order valence-electron chi connectivity index (χ0n) is 8.90. The summed E-state index contributed by atoms with van der Waals surface area (Å²) in [6.45, 7) is 2.54. The molecule has 1 amide bonds. The van der Waals surface area contributed by atoms with E-state index in [0.29, 0.717) is 12.2 Å². The molecule has 1 aromatic carbocycles. The van der Waals surface area contributed by atoms with E-state index in [9.17, 15) is 14.9 Å². The average Bonchev–Trinajstić information content (AvgIpc) is 2.25. The lowest BCUT2D eigenvalue weighted by molar-refractivity contribution is -0.384. The second kappa shape index (κ2) is 5.11. The van der Waals surface area contributed by atoms with E-state index in [-0.39, 0.29) is 11.3 Å². The van der Waals surface area contributed by atoms with Crippen molar-refractivity contribution in [2.24, 2.45) is 5.73 Å². The van der Waals surface area contributed by atoms with E-state index in [2.05, 4.69) is 5.32 Å². The summed E-state index contributed by atoms with van der Waals surface area (Å²) in [5, 5.41) is 13.8. The largest absolute Gasteiger partial charge is 0.379 e. The molecule has 6 nitrogen and oxygen atoms in total. The molecule has 6 heteroatoms. The van der Waals surface area contributed by atoms with Gasteiger partial charge in [-0.25, -0.2) is 0 Å². The molecule has 0 aliphatic rings. The summed E-state index contributed by atoms with van der Waals surface area (Å²) in [4.78, 5) is 21.3. The van der Waals surface area contributed by atoms with Crippen molar-refractivity contribution in [3.8, 4) is 0 Å². The summed E-state index contributed by atoms with van der Waals surface area (Å²) in [7, 11) is 0. The van der Waals surface area contributed by atoms with E-state index in [1.807, 2.05) is 6.92 Å². The molecule has 0 atom stereocenters. The van der Waals surface area contributed by atoms with Crippen LogP contribution in [0, 0.1) is 10.1 Å². The fourth-order valence-electron chi connectivity index (χ4n) is 1.34. The standard InChI is InChI=1S/C10H13N3O3/c1-2-6-12-8-5-3-4-7(10(11)14)9(8)13(15)16/h3-5,12H,2,6H2,1H3,(H2,11,14). The Bertz CT molecular complexity index is 418. The summed E-state index contributed by atoms with van der Waals surface area (Å²) in [5.74, 6) is -0.799. The zero-order chi connectivity index (χ0) is 12.1. The molecule has 0 saturated heterocycles. The number of anilines is 1. The van der Waals surface area contributed by atoms with Gasteiger partial charge in [0.1, 0.15) is 11.3 Å². The van der Waals surface area contributed by atoms with E-state index >= 15 is 0 Å². The van der Waals surface area contributed by atoms with Gasteiger partial charge >= 0.3 is 5.69 Å². The second-order valence-electron chi connectivity index (χ2n) is 3.25. The van der Waals surface area contributed by atoms with E-state index in [1.165, 1.54) is 6.07 Å². The third-order valence-electron chi connectivity index (χ3n) is 2.05. The number of carbonyl (C=O) groups is 1. The highest BCUT2D eigenvalue weighted by atomic mass is 16.6. The van der Waals surface area contributed by atoms with Crippen LogP contribution in [0.25, 0.3) is 0 Å². The summed E-state index contributed by atoms with van der Waals surface area (Å²) in [5.41, 5.74) is 5.06. The predicted molar refractivity (Wildman–Crippen MR) is 60.4 cm³/mol. The Balaban J connectivity index is 3.21. The monoisotopic (exact) mass is 223 g/mol. The fourth-order valence-corrected chi connectivity index (χ4v) is 1.34. The molecule has 86 valence electrons. The maximum atomic E-state index is 11.0. The van der Waals surface area contributed by atoms with Gasteiger partial charge in [-0.05, 0) is 18.6 Å². The summed E-state index contributed by atoms with van der Waals surface area (Å²) in [6.07, 6.45) is 0.831. The number of nitro groups is 1. The first-order valence-electron chi connectivity index (χ1n) is 4.89. The third kappa shape index (κ3) is 2.47. The molecule has 0 aliphatic carbocycles. The molecule has 0 unspecified atom stereocenters. The van der Waals surface area contributed by atoms with E-state index in [0.717, 1.165) is 6.42 Å². The van der Waals surface area contributed by atoms with Crippen LogP contribution in [0.15, 0.2) is 18.2 Å². The quantitative estimate of drug-likeness (QED) is 0.584. The van der Waals surface area contributed by atoms with Crippen molar-refractivity contribution < 1.29 is 9.72 Å². The molecule has 0 radical (unpaired) electrons. The SMILES string of the molecule is CCCNc1cccc(C(N)=O)c1[N+](=O)[O-]. The molecule has 0 aromatic heterocycles. The first-order chi connectivity index (χ1) is 7.57. The van der Waals surface area contributed by atoms with Crippen LogP contribution in [0.2, 0.25) is 0 Å². The van der Waals surface area contributed by atoms with Crippen LogP contribution in [-0.2, 0) is 0 Å². The number of carbonyl (C=O) groups excluding carboxylic acids is 1. The highest BCUT2D eigenvalue weighted by Crippen LogP contribution is 2.28. The van der Waals surface area contributed by atoms with Gasteiger partial charge in [-0.1, -0.05) is 13.0 Å². The molecule has 0 fully saturated rings. The third-order valence-corrected chi connectivity index (χ3v) is 2.05. The normalized spacial score (nSPS) is 9.81. The minimum Gasteiger partial charge on any atom is -0.379 e. The van der Waals surface area contributed by atoms with E-state index < -0.39 is 10.8 Å². The van der Waals surface area contributed by atoms with Gasteiger partial charge in [0.25, 0.3) is 5.91 Å². The van der Waals surface area contributed by atoms with Crippen LogP contribution in [-0.4, -0.2) is 17.4 Å². The molecule has 0 aliphatic heterocycles. The van der Waals surface area contributed by atoms with Crippen molar-refractivity contribution in [2.45, 2.75) is 13.3 Å². The predicted octanol–water partition coefficient (Wildman–Crippen LogP) is 1.52. The fraction of sp³-hybridized carbons (Fsp3) is 0.300. The Morgan fingerprint density at radius 3 is 2.75 bits per heavy atom. The lowest BCUT2D eigenvalue weighted by Gasteiger charge is -2.07. The van der Waals surface area contributed by atoms with Crippen molar-refractivity contribution in [3.05, 3.63) is 33.9 Å². The number of hydrogen-bond acceptors (Lipinski definition) is 4. The number of nitrogens with one attached hydrogen (secondary N) is 1. The smallest absolute Gasteiger partial charge is 0.305 e. The van der Waals surface area contributed by atoms with Crippen LogP contribution < -0.4 is 11.1 Å². The number of nitro benzene ring substituents is 1. The molecule has 0 heterocycles. The summed E-state index contributed by atoms with van der Waals surface area (Å²) in [6, 6.07) is 4.46. The Morgan fingerprint density at radius 1 is 1.56 bits per heavy atom. The van der Waals surface area contributed by atoms with Gasteiger partial charge < -0.3 is 11.1 Å². The molecule has 0 bridgehead atoms. The van der Waals surface area contributed by atoms with Gasteiger partial charge in [0, 0.05) is 6.54 Å². The number of para-hydroxylation sites is 1. The van der Waals surface area contributed by atoms with Crippen molar-refractivity contribution in [3.63, 3.8) is 0 Å². The number of amides is 1. The van der Waals surface area contributed by atoms with Crippen LogP contribution >= 0.6 is 0 Å². The minimum atomic E-state index is -0.799. The Hall–Kier alpha value is -2.11. The van der Waals surface area contributed by atoms with E-state index in [4.69, 9.17) is 5.73 Å². The molecular formula is C10H13N3O3. The molecule has 0 saturated carbocycles. The number of hydrogen-bond donors (Lipinski definition) is 2. The van der Waals surface area contributed by atoms with Crippen LogP contribution in [0.5, 0.6) is 0 Å². The molecule has 1 aromatic rings. The van der Waals surface area contributed by atoms with Gasteiger partial charge in [-0.15, -0.1) is 0 Å². The number of benzene rings is 1. The lowest BCUT2D eigenvalue weighted by atomic mass is 10.1. The van der Waals surface area contributed by atoms with Gasteiger partial charge in [-0.3, -0.25) is 14.9 Å². The van der Waals surface area contributed by atoms with E-state index in [1.54, 1.807) is 12.1 Å². The first kappa shape index (κ1) is 12.0. The van der Waals surface area contributed by atoms with Crippen LogP contribution in [0.4, 0.5) is 11.4 Å². The van der Waals surface area contributed by atoms with Gasteiger partial charge in [-0.2, -0.15) is 0 Å². The van der Waals surface area contributed by atoms with Gasteiger partial charge in [0.2, 0.25) is 0 Å². The average molecular weight is 223 g/mol. The first-order valence-corrected chi connectivity index (χ1v) is 4.89. The molecule has 3 N–H and O–H groups in total.